The van der Waals surface area contributed by atoms with Crippen LogP contribution in [0.5, 0.6) is 11.6 Å². The number of aromatic nitrogens is 2. The topological polar surface area (TPSA) is 61.0 Å². The molecule has 0 saturated heterocycles. The first-order valence-electron chi connectivity index (χ1n) is 5.79. The molecule has 0 aliphatic rings. The molecule has 0 saturated carbocycles. The number of anilines is 1. The van der Waals surface area contributed by atoms with Gasteiger partial charge in [0.15, 0.2) is 0 Å². The largest absolute Gasteiger partial charge is 0.438 e. The van der Waals surface area contributed by atoms with Crippen LogP contribution < -0.4 is 10.5 Å². The third-order valence-electron chi connectivity index (χ3n) is 2.68. The molecule has 3 rings (SSSR count). The zero-order valence-corrected chi connectivity index (χ0v) is 11.2. The van der Waals surface area contributed by atoms with Gasteiger partial charge in [-0.1, -0.05) is 6.07 Å². The first kappa shape index (κ1) is 13.6. The highest BCUT2D eigenvalue weighted by molar-refractivity contribution is 7.16. The van der Waals surface area contributed by atoms with Crippen LogP contribution in [0.2, 0.25) is 0 Å². The lowest BCUT2D eigenvalue weighted by Crippen LogP contribution is -2.04. The highest BCUT2D eigenvalue weighted by atomic mass is 32.1. The number of fused-ring (bicyclic) bond motifs is 1. The number of alkyl halides is 3. The lowest BCUT2D eigenvalue weighted by atomic mass is 10.2. The fourth-order valence-corrected chi connectivity index (χ4v) is 2.53. The number of hydrogen-bond donors (Lipinski definition) is 1. The van der Waals surface area contributed by atoms with Crippen LogP contribution in [0.15, 0.2) is 35.7 Å². The van der Waals surface area contributed by atoms with E-state index in [1.165, 1.54) is 23.5 Å². The van der Waals surface area contributed by atoms with E-state index in [1.54, 1.807) is 11.4 Å². The van der Waals surface area contributed by atoms with Gasteiger partial charge < -0.3 is 10.5 Å². The molecule has 21 heavy (non-hydrogen) atoms. The predicted octanol–water partition coefficient (Wildman–Crippen LogP) is 4.08. The summed E-state index contributed by atoms with van der Waals surface area (Å²) >= 11 is 1.34. The molecule has 8 heteroatoms. The molecule has 2 N–H and O–H groups in total. The molecule has 0 atom stereocenters. The van der Waals surface area contributed by atoms with E-state index < -0.39 is 11.7 Å². The molecule has 4 nitrogen and oxygen atoms in total. The van der Waals surface area contributed by atoms with E-state index in [-0.39, 0.29) is 17.6 Å². The van der Waals surface area contributed by atoms with Crippen molar-refractivity contribution in [1.29, 1.82) is 0 Å². The maximum atomic E-state index is 12.7. The number of benzene rings is 1. The van der Waals surface area contributed by atoms with Gasteiger partial charge in [0.1, 0.15) is 10.6 Å². The summed E-state index contributed by atoms with van der Waals surface area (Å²) in [6, 6.07) is 6.31. The van der Waals surface area contributed by atoms with Crippen LogP contribution in [0, 0.1) is 0 Å². The first-order valence-corrected chi connectivity index (χ1v) is 6.67. The van der Waals surface area contributed by atoms with Crippen molar-refractivity contribution in [3.05, 3.63) is 41.3 Å². The lowest BCUT2D eigenvalue weighted by molar-refractivity contribution is -0.137. The minimum Gasteiger partial charge on any atom is -0.438 e. The molecule has 0 fully saturated rings. The summed E-state index contributed by atoms with van der Waals surface area (Å²) in [4.78, 5) is 8.57. The van der Waals surface area contributed by atoms with Crippen molar-refractivity contribution < 1.29 is 17.9 Å². The van der Waals surface area contributed by atoms with E-state index in [4.69, 9.17) is 10.5 Å². The van der Waals surface area contributed by atoms with Crippen LogP contribution in [0.3, 0.4) is 0 Å². The van der Waals surface area contributed by atoms with Crippen molar-refractivity contribution in [3.8, 4) is 11.6 Å². The quantitative estimate of drug-likeness (QED) is 0.774. The van der Waals surface area contributed by atoms with Gasteiger partial charge in [-0.15, -0.1) is 11.3 Å². The van der Waals surface area contributed by atoms with Crippen LogP contribution in [0.1, 0.15) is 5.56 Å². The zero-order valence-electron chi connectivity index (χ0n) is 10.4. The average Bonchev–Trinajstić information content (AvgIpc) is 2.86. The fourth-order valence-electron chi connectivity index (χ4n) is 1.77. The Kier molecular flexibility index (Phi) is 3.17. The number of rotatable bonds is 2. The SMILES string of the molecule is Nc1nc(Oc2cccc(C(F)(F)F)c2)c2ccsc2n1. The minimum atomic E-state index is -4.43. The van der Waals surface area contributed by atoms with Crippen LogP contribution >= 0.6 is 11.3 Å². The van der Waals surface area contributed by atoms with Crippen LogP contribution in [-0.4, -0.2) is 9.97 Å². The molecule has 2 heterocycles. The van der Waals surface area contributed by atoms with Crippen molar-refractivity contribution in [2.24, 2.45) is 0 Å². The van der Waals surface area contributed by atoms with Crippen molar-refractivity contribution in [2.75, 3.05) is 5.73 Å². The highest BCUT2D eigenvalue weighted by Gasteiger charge is 2.30. The Morgan fingerprint density at radius 3 is 2.71 bits per heavy atom. The van der Waals surface area contributed by atoms with Crippen molar-refractivity contribution in [2.45, 2.75) is 6.18 Å². The molecule has 0 unspecified atom stereocenters. The van der Waals surface area contributed by atoms with Gasteiger partial charge in [-0.3, -0.25) is 0 Å². The van der Waals surface area contributed by atoms with Crippen LogP contribution in [0.25, 0.3) is 10.2 Å². The second-order valence-electron chi connectivity index (χ2n) is 4.15. The molecule has 3 aromatic rings. The summed E-state index contributed by atoms with van der Waals surface area (Å²) in [6.07, 6.45) is -4.43. The van der Waals surface area contributed by atoms with Gasteiger partial charge in [-0.05, 0) is 29.6 Å². The second-order valence-corrected chi connectivity index (χ2v) is 5.05. The Morgan fingerprint density at radius 1 is 1.14 bits per heavy atom. The van der Waals surface area contributed by atoms with Gasteiger partial charge in [0.2, 0.25) is 11.8 Å². The predicted molar refractivity (Wildman–Crippen MR) is 73.3 cm³/mol. The van der Waals surface area contributed by atoms with Gasteiger partial charge in [-0.2, -0.15) is 18.2 Å². The van der Waals surface area contributed by atoms with Gasteiger partial charge in [0.25, 0.3) is 0 Å². The molecule has 0 aliphatic heterocycles. The smallest absolute Gasteiger partial charge is 0.416 e. The average molecular weight is 311 g/mol. The molecule has 0 spiro atoms. The van der Waals surface area contributed by atoms with Gasteiger partial charge in [-0.25, -0.2) is 4.98 Å². The molecular weight excluding hydrogens is 303 g/mol. The Labute approximate surface area is 121 Å². The standard InChI is InChI=1S/C13H8F3N3OS/c14-13(15,16)7-2-1-3-8(6-7)20-10-9-4-5-21-11(9)19-12(17)18-10/h1-6H,(H2,17,18,19). The maximum Gasteiger partial charge on any atom is 0.416 e. The number of ether oxygens (including phenoxy) is 1. The monoisotopic (exact) mass is 311 g/mol. The van der Waals surface area contributed by atoms with Crippen molar-refractivity contribution in [1.82, 2.24) is 9.97 Å². The summed E-state index contributed by atoms with van der Waals surface area (Å²) in [7, 11) is 0. The lowest BCUT2D eigenvalue weighted by Gasteiger charge is -2.10. The fraction of sp³-hybridized carbons (Fsp3) is 0.0769. The number of nitrogens with two attached hydrogens (primary N) is 1. The maximum absolute atomic E-state index is 12.7. The number of halogens is 3. The molecule has 0 amide bonds. The van der Waals surface area contributed by atoms with Gasteiger partial charge >= 0.3 is 6.18 Å². The third-order valence-corrected chi connectivity index (χ3v) is 3.49. The van der Waals surface area contributed by atoms with E-state index in [9.17, 15) is 13.2 Å². The van der Waals surface area contributed by atoms with E-state index >= 15 is 0 Å². The second kappa shape index (κ2) is 4.88. The first-order chi connectivity index (χ1) is 9.93. The van der Waals surface area contributed by atoms with Crippen molar-refractivity contribution in [3.63, 3.8) is 0 Å². The number of nitrogen functional groups attached to an aromatic ring is 1. The van der Waals surface area contributed by atoms with E-state index in [0.29, 0.717) is 10.2 Å². The Balaban J connectivity index is 2.01. The van der Waals surface area contributed by atoms with Crippen LogP contribution in [0.4, 0.5) is 19.1 Å². The van der Waals surface area contributed by atoms with E-state index in [0.717, 1.165) is 12.1 Å². The Morgan fingerprint density at radius 2 is 1.95 bits per heavy atom. The molecule has 108 valence electrons. The summed E-state index contributed by atoms with van der Waals surface area (Å²) < 4.78 is 43.5. The van der Waals surface area contributed by atoms with Gasteiger partial charge in [0, 0.05) is 0 Å². The van der Waals surface area contributed by atoms with E-state index in [2.05, 4.69) is 9.97 Å². The zero-order chi connectivity index (χ0) is 15.0. The minimum absolute atomic E-state index is 0.00641. The highest BCUT2D eigenvalue weighted by Crippen LogP contribution is 2.34. The molecule has 1 aromatic carbocycles. The Hall–Kier alpha value is -2.35. The van der Waals surface area contributed by atoms with Crippen LogP contribution in [-0.2, 0) is 6.18 Å². The molecule has 2 aromatic heterocycles. The summed E-state index contributed by atoms with van der Waals surface area (Å²) in [5, 5.41) is 2.38. The van der Waals surface area contributed by atoms with Gasteiger partial charge in [0.05, 0.1) is 10.9 Å². The summed E-state index contributed by atoms with van der Waals surface area (Å²) in [5.74, 6) is 0.181. The Bertz CT molecular complexity index is 801. The molecule has 0 radical (unpaired) electrons. The number of nitrogens with zero attached hydrogens (tertiary/aromatic N) is 2. The third kappa shape index (κ3) is 2.75. The number of hydrogen-bond acceptors (Lipinski definition) is 5. The molecular formula is C13H8F3N3OS. The van der Waals surface area contributed by atoms with Crippen molar-refractivity contribution >= 4 is 27.5 Å². The number of thiophene rings is 1. The summed E-state index contributed by atoms with van der Waals surface area (Å²) in [6.45, 7) is 0. The molecule has 0 aliphatic carbocycles. The normalized spacial score (nSPS) is 11.8. The molecule has 0 bridgehead atoms. The summed E-state index contributed by atoms with van der Waals surface area (Å²) in [5.41, 5.74) is 4.77. The van der Waals surface area contributed by atoms with E-state index in [1.807, 2.05) is 0 Å².